The molecule has 3 aromatic carbocycles. The first-order valence-corrected chi connectivity index (χ1v) is 9.77. The average Bonchev–Trinajstić information content (AvgIpc) is 3.20. The Bertz CT molecular complexity index is 1050. The fraction of sp³-hybridized carbons (Fsp3) is 0.160. The second-order valence-corrected chi connectivity index (χ2v) is 6.85. The third-order valence-corrected chi connectivity index (χ3v) is 4.74. The molecule has 1 aromatic heterocycles. The van der Waals surface area contributed by atoms with E-state index in [4.69, 9.17) is 9.15 Å². The number of rotatable bonds is 7. The van der Waals surface area contributed by atoms with Crippen molar-refractivity contribution in [2.24, 2.45) is 0 Å². The molecule has 1 heterocycles. The Balaban J connectivity index is 1.67. The van der Waals surface area contributed by atoms with E-state index in [9.17, 15) is 4.79 Å². The van der Waals surface area contributed by atoms with E-state index in [1.807, 2.05) is 90.7 Å². The monoisotopic (exact) mass is 385 g/mol. The maximum absolute atomic E-state index is 13.4. The SMILES string of the molecule is CCOc1cccc2cc(C(=O)N(Cc3ccccc3)Cc3ccccc3)oc12. The normalized spacial score (nSPS) is 10.8. The van der Waals surface area contributed by atoms with Crippen molar-refractivity contribution in [3.8, 4) is 5.75 Å². The molecule has 4 nitrogen and oxygen atoms in total. The topological polar surface area (TPSA) is 42.7 Å². The smallest absolute Gasteiger partial charge is 0.290 e. The van der Waals surface area contributed by atoms with Crippen molar-refractivity contribution >= 4 is 16.9 Å². The molecule has 0 aliphatic rings. The van der Waals surface area contributed by atoms with Gasteiger partial charge in [-0.3, -0.25) is 4.79 Å². The zero-order valence-corrected chi connectivity index (χ0v) is 16.4. The molecule has 0 saturated carbocycles. The quantitative estimate of drug-likeness (QED) is 0.411. The summed E-state index contributed by atoms with van der Waals surface area (Å²) in [7, 11) is 0. The van der Waals surface area contributed by atoms with Gasteiger partial charge in [0, 0.05) is 18.5 Å². The number of furan rings is 1. The highest BCUT2D eigenvalue weighted by atomic mass is 16.5. The Kier molecular flexibility index (Phi) is 5.61. The molecule has 0 unspecified atom stereocenters. The summed E-state index contributed by atoms with van der Waals surface area (Å²) >= 11 is 0. The van der Waals surface area contributed by atoms with Crippen molar-refractivity contribution in [1.29, 1.82) is 0 Å². The van der Waals surface area contributed by atoms with Crippen LogP contribution < -0.4 is 4.74 Å². The molecule has 0 aliphatic heterocycles. The van der Waals surface area contributed by atoms with E-state index in [-0.39, 0.29) is 5.91 Å². The van der Waals surface area contributed by atoms with Crippen molar-refractivity contribution in [3.05, 3.63) is 102 Å². The van der Waals surface area contributed by atoms with Gasteiger partial charge in [0.15, 0.2) is 17.1 Å². The first-order chi connectivity index (χ1) is 14.2. The van der Waals surface area contributed by atoms with Gasteiger partial charge in [-0.25, -0.2) is 0 Å². The zero-order valence-electron chi connectivity index (χ0n) is 16.4. The highest BCUT2D eigenvalue weighted by Crippen LogP contribution is 2.29. The van der Waals surface area contributed by atoms with E-state index in [1.54, 1.807) is 6.07 Å². The molecular formula is C25H23NO3. The van der Waals surface area contributed by atoms with Gasteiger partial charge in [0.25, 0.3) is 5.91 Å². The maximum Gasteiger partial charge on any atom is 0.290 e. The Morgan fingerprint density at radius 3 is 2.07 bits per heavy atom. The number of nitrogens with zero attached hydrogens (tertiary/aromatic N) is 1. The summed E-state index contributed by atoms with van der Waals surface area (Å²) in [6.45, 7) is 3.47. The van der Waals surface area contributed by atoms with Crippen molar-refractivity contribution in [2.45, 2.75) is 20.0 Å². The lowest BCUT2D eigenvalue weighted by molar-refractivity contribution is 0.0700. The summed E-state index contributed by atoms with van der Waals surface area (Å²) in [6.07, 6.45) is 0. The largest absolute Gasteiger partial charge is 0.490 e. The Morgan fingerprint density at radius 2 is 1.48 bits per heavy atom. The second-order valence-electron chi connectivity index (χ2n) is 6.85. The molecule has 0 saturated heterocycles. The van der Waals surface area contributed by atoms with Gasteiger partial charge < -0.3 is 14.1 Å². The average molecular weight is 385 g/mol. The van der Waals surface area contributed by atoms with Crippen LogP contribution in [0.15, 0.2) is 89.3 Å². The van der Waals surface area contributed by atoms with Crippen LogP contribution >= 0.6 is 0 Å². The second kappa shape index (κ2) is 8.65. The number of fused-ring (bicyclic) bond motifs is 1. The maximum atomic E-state index is 13.4. The van der Waals surface area contributed by atoms with Crippen LogP contribution in [-0.2, 0) is 13.1 Å². The highest BCUT2D eigenvalue weighted by Gasteiger charge is 2.21. The molecule has 0 aliphatic carbocycles. The minimum absolute atomic E-state index is 0.142. The third-order valence-electron chi connectivity index (χ3n) is 4.74. The van der Waals surface area contributed by atoms with Crippen LogP contribution in [-0.4, -0.2) is 17.4 Å². The van der Waals surface area contributed by atoms with Crippen molar-refractivity contribution < 1.29 is 13.9 Å². The van der Waals surface area contributed by atoms with Crippen LogP contribution in [0.3, 0.4) is 0 Å². The van der Waals surface area contributed by atoms with E-state index in [2.05, 4.69) is 0 Å². The van der Waals surface area contributed by atoms with Crippen LogP contribution in [0.25, 0.3) is 11.0 Å². The molecule has 146 valence electrons. The van der Waals surface area contributed by atoms with E-state index in [0.717, 1.165) is 16.5 Å². The Hall–Kier alpha value is -3.53. The first kappa shape index (κ1) is 18.8. The van der Waals surface area contributed by atoms with E-state index in [0.29, 0.717) is 36.8 Å². The molecule has 0 bridgehead atoms. The highest BCUT2D eigenvalue weighted by molar-refractivity contribution is 5.97. The van der Waals surface area contributed by atoms with Gasteiger partial charge in [-0.2, -0.15) is 0 Å². The number of carbonyl (C=O) groups is 1. The number of ether oxygens (including phenoxy) is 1. The molecule has 4 heteroatoms. The molecule has 0 N–H and O–H groups in total. The first-order valence-electron chi connectivity index (χ1n) is 9.77. The number of para-hydroxylation sites is 1. The minimum atomic E-state index is -0.142. The fourth-order valence-electron chi connectivity index (χ4n) is 3.37. The van der Waals surface area contributed by atoms with Gasteiger partial charge >= 0.3 is 0 Å². The van der Waals surface area contributed by atoms with Gasteiger partial charge in [-0.05, 0) is 30.2 Å². The van der Waals surface area contributed by atoms with Crippen LogP contribution in [0.1, 0.15) is 28.6 Å². The lowest BCUT2D eigenvalue weighted by Crippen LogP contribution is -2.29. The number of benzene rings is 3. The predicted molar refractivity (Wildman–Crippen MR) is 114 cm³/mol. The summed E-state index contributed by atoms with van der Waals surface area (Å²) < 4.78 is 11.6. The van der Waals surface area contributed by atoms with Gasteiger partial charge in [0.1, 0.15) is 0 Å². The summed E-state index contributed by atoms with van der Waals surface area (Å²) in [5.41, 5.74) is 2.75. The van der Waals surface area contributed by atoms with Crippen LogP contribution in [0, 0.1) is 0 Å². The zero-order chi connectivity index (χ0) is 20.1. The van der Waals surface area contributed by atoms with Crippen molar-refractivity contribution in [3.63, 3.8) is 0 Å². The standard InChI is InChI=1S/C25H23NO3/c1-2-28-22-15-9-14-21-16-23(29-24(21)22)25(27)26(17-19-10-5-3-6-11-19)18-20-12-7-4-8-13-20/h3-16H,2,17-18H2,1H3. The van der Waals surface area contributed by atoms with E-state index < -0.39 is 0 Å². The minimum Gasteiger partial charge on any atom is -0.490 e. The summed E-state index contributed by atoms with van der Waals surface area (Å²) in [5, 5.41) is 0.860. The van der Waals surface area contributed by atoms with Gasteiger partial charge in [0.2, 0.25) is 0 Å². The van der Waals surface area contributed by atoms with E-state index >= 15 is 0 Å². The number of carbonyl (C=O) groups excluding carboxylic acids is 1. The summed E-state index contributed by atoms with van der Waals surface area (Å²) in [6, 6.07) is 27.5. The van der Waals surface area contributed by atoms with Crippen molar-refractivity contribution in [1.82, 2.24) is 4.90 Å². The van der Waals surface area contributed by atoms with Crippen molar-refractivity contribution in [2.75, 3.05) is 6.61 Å². The lowest BCUT2D eigenvalue weighted by atomic mass is 10.1. The number of amides is 1. The molecular weight excluding hydrogens is 362 g/mol. The fourth-order valence-corrected chi connectivity index (χ4v) is 3.37. The third kappa shape index (κ3) is 4.32. The lowest BCUT2D eigenvalue weighted by Gasteiger charge is -2.22. The van der Waals surface area contributed by atoms with Crippen LogP contribution in [0.4, 0.5) is 0 Å². The molecule has 0 atom stereocenters. The van der Waals surface area contributed by atoms with Gasteiger partial charge in [-0.1, -0.05) is 72.8 Å². The molecule has 0 spiro atoms. The Morgan fingerprint density at radius 1 is 0.862 bits per heavy atom. The van der Waals surface area contributed by atoms with Crippen LogP contribution in [0.5, 0.6) is 5.75 Å². The number of hydrogen-bond donors (Lipinski definition) is 0. The molecule has 29 heavy (non-hydrogen) atoms. The molecule has 4 rings (SSSR count). The van der Waals surface area contributed by atoms with Gasteiger partial charge in [0.05, 0.1) is 6.61 Å². The Labute approximate surface area is 170 Å². The number of hydrogen-bond acceptors (Lipinski definition) is 3. The summed E-state index contributed by atoms with van der Waals surface area (Å²) in [4.78, 5) is 15.2. The molecule has 1 amide bonds. The van der Waals surface area contributed by atoms with E-state index in [1.165, 1.54) is 0 Å². The summed E-state index contributed by atoms with van der Waals surface area (Å²) in [5.74, 6) is 0.831. The molecule has 0 radical (unpaired) electrons. The molecule has 4 aromatic rings. The van der Waals surface area contributed by atoms with Crippen LogP contribution in [0.2, 0.25) is 0 Å². The molecule has 0 fully saturated rings. The predicted octanol–water partition coefficient (Wildman–Crippen LogP) is 5.67. The van der Waals surface area contributed by atoms with Gasteiger partial charge in [-0.15, -0.1) is 0 Å².